The van der Waals surface area contributed by atoms with Gasteiger partial charge in [0.15, 0.2) is 0 Å². The summed E-state index contributed by atoms with van der Waals surface area (Å²) in [7, 11) is -3.76. The molecule has 1 rings (SSSR count). The molecule has 0 saturated heterocycles. The standard InChI is InChI=1S/C14H25N2O4PS.W/c1-13(2,3)19-21(20-14(4,5)6)16-22(17,18)12-9-7-11(15)8-10-12;/h7-10,16H,15H2,1-6H3;. The Bertz CT molecular complexity index is 671. The summed E-state index contributed by atoms with van der Waals surface area (Å²) < 4.78 is 40.0. The van der Waals surface area contributed by atoms with Crippen LogP contribution in [0.4, 0.5) is 5.69 Å². The summed E-state index contributed by atoms with van der Waals surface area (Å²) in [6.07, 6.45) is 0. The van der Waals surface area contributed by atoms with E-state index in [4.69, 9.17) is 14.8 Å². The molecule has 0 atom stereocenters. The molecule has 0 spiro atoms. The molecule has 0 aliphatic rings. The topological polar surface area (TPSA) is 90.7 Å². The second-order valence-electron chi connectivity index (χ2n) is 7.07. The molecule has 23 heavy (non-hydrogen) atoms. The van der Waals surface area contributed by atoms with Crippen molar-refractivity contribution < 1.29 is 36.3 Å². The van der Waals surface area contributed by atoms with E-state index in [2.05, 4.69) is 4.49 Å². The van der Waals surface area contributed by atoms with Gasteiger partial charge in [0.05, 0.1) is 0 Å². The molecule has 0 heterocycles. The van der Waals surface area contributed by atoms with Crippen LogP contribution in [0.3, 0.4) is 0 Å². The van der Waals surface area contributed by atoms with Gasteiger partial charge in [-0.1, -0.05) is 0 Å². The van der Waals surface area contributed by atoms with Crippen LogP contribution in [-0.4, -0.2) is 19.6 Å². The summed E-state index contributed by atoms with van der Waals surface area (Å²) in [4.78, 5) is 0.132. The van der Waals surface area contributed by atoms with E-state index < -0.39 is 26.7 Å². The Morgan fingerprint density at radius 1 is 1.00 bits per heavy atom. The van der Waals surface area contributed by atoms with Gasteiger partial charge in [0.1, 0.15) is 0 Å². The first-order chi connectivity index (χ1) is 10.1. The molecule has 1 aromatic rings. The number of nitrogens with two attached hydrogens (primary N) is 1. The Labute approximate surface area is 149 Å². The Morgan fingerprint density at radius 3 is 1.74 bits per heavy atom. The number of benzene rings is 1. The Morgan fingerprint density at radius 2 is 1.39 bits per heavy atom. The molecular formula is C14H25N2O4PSW. The van der Waals surface area contributed by atoms with E-state index in [9.17, 15) is 8.42 Å². The number of rotatable bonds is 5. The van der Waals surface area contributed by atoms with Crippen LogP contribution in [-0.2, 0) is 37.9 Å². The van der Waals surface area contributed by atoms with Gasteiger partial charge in [-0.05, 0) is 0 Å². The molecule has 0 aliphatic carbocycles. The summed E-state index contributed by atoms with van der Waals surface area (Å²) in [5.74, 6) is 0. The summed E-state index contributed by atoms with van der Waals surface area (Å²) >= 11 is 0.913. The van der Waals surface area contributed by atoms with Crippen LogP contribution in [0.5, 0.6) is 0 Å². The first kappa shape index (κ1) is 21.0. The molecule has 0 aliphatic heterocycles. The van der Waals surface area contributed by atoms with Crippen LogP contribution in [0, 0.1) is 0 Å². The molecule has 6 nitrogen and oxygen atoms in total. The third kappa shape index (κ3) is 7.59. The van der Waals surface area contributed by atoms with Gasteiger partial charge in [-0.3, -0.25) is 0 Å². The van der Waals surface area contributed by atoms with E-state index in [-0.39, 0.29) is 4.90 Å². The number of nitrogens with one attached hydrogen (secondary N) is 1. The number of nitrogen functional groups attached to an aromatic ring is 1. The Hall–Kier alpha value is -0.0317. The van der Waals surface area contributed by atoms with Crippen LogP contribution >= 0.6 is 5.50 Å². The van der Waals surface area contributed by atoms with Crippen molar-refractivity contribution >= 4 is 21.2 Å². The van der Waals surface area contributed by atoms with Crippen molar-refractivity contribution in [3.05, 3.63) is 24.3 Å². The van der Waals surface area contributed by atoms with Crippen molar-refractivity contribution in [3.63, 3.8) is 0 Å². The van der Waals surface area contributed by atoms with E-state index in [0.29, 0.717) is 5.69 Å². The number of sulfonamides is 1. The maximum atomic E-state index is 12.7. The average molecular weight is 532 g/mol. The molecular weight excluding hydrogens is 507 g/mol. The van der Waals surface area contributed by atoms with Gasteiger partial charge < -0.3 is 0 Å². The van der Waals surface area contributed by atoms with Crippen LogP contribution in [0.2, 0.25) is 0 Å². The summed E-state index contributed by atoms with van der Waals surface area (Å²) in [5.41, 5.74) is 2.24. The monoisotopic (exact) mass is 532 g/mol. The minimum atomic E-state index is -3.76. The van der Waals surface area contributed by atoms with Crippen LogP contribution in [0.15, 0.2) is 29.2 Å². The van der Waals surface area contributed by atoms with E-state index >= 15 is 0 Å². The minimum absolute atomic E-state index is 0.132. The normalized spacial score (nSPS) is 14.0. The number of hydrogen-bond donors (Lipinski definition) is 2. The van der Waals surface area contributed by atoms with E-state index in [1.165, 1.54) is 12.1 Å². The second-order valence-corrected chi connectivity index (χ2v) is 15.8. The first-order valence-electron chi connectivity index (χ1n) is 7.03. The predicted octanol–water partition coefficient (Wildman–Crippen LogP) is 3.40. The van der Waals surface area contributed by atoms with Crippen molar-refractivity contribution in [2.24, 2.45) is 0 Å². The van der Waals surface area contributed by atoms with Crippen LogP contribution in [0.1, 0.15) is 41.5 Å². The predicted molar refractivity (Wildman–Crippen MR) is 89.8 cm³/mol. The maximum absolute atomic E-state index is 12.7. The summed E-state index contributed by atoms with van der Waals surface area (Å²) in [5, 5.41) is 0. The van der Waals surface area contributed by atoms with E-state index in [0.717, 1.165) is 18.8 Å². The zero-order valence-corrected chi connectivity index (χ0v) is 18.9. The van der Waals surface area contributed by atoms with Crippen molar-refractivity contribution in [2.75, 3.05) is 5.73 Å². The van der Waals surface area contributed by atoms with Gasteiger partial charge in [-0.25, -0.2) is 0 Å². The van der Waals surface area contributed by atoms with Gasteiger partial charge in [0, 0.05) is 0 Å². The molecule has 9 heteroatoms. The fourth-order valence-electron chi connectivity index (χ4n) is 1.62. The average Bonchev–Trinajstić information content (AvgIpc) is 2.21. The molecule has 132 valence electrons. The molecule has 0 radical (unpaired) electrons. The van der Waals surface area contributed by atoms with Crippen molar-refractivity contribution in [2.45, 2.75) is 57.6 Å². The van der Waals surface area contributed by atoms with Crippen molar-refractivity contribution in [1.82, 2.24) is 4.49 Å². The summed E-state index contributed by atoms with van der Waals surface area (Å²) in [6.45, 7) is 11.2. The molecule has 0 fully saturated rings. The SMILES string of the molecule is CC(C)(C)O[P](=[W])(NS(=O)(=O)c1ccc(N)cc1)OC(C)(C)C. The van der Waals surface area contributed by atoms with E-state index in [1.54, 1.807) is 12.1 Å². The fraction of sp³-hybridized carbons (Fsp3) is 0.571. The van der Waals surface area contributed by atoms with Crippen LogP contribution < -0.4 is 10.2 Å². The molecule has 0 amide bonds. The molecule has 3 N–H and O–H groups in total. The fourth-order valence-corrected chi connectivity index (χ4v) is 13.5. The van der Waals surface area contributed by atoms with Crippen LogP contribution in [0.25, 0.3) is 0 Å². The summed E-state index contributed by atoms with van der Waals surface area (Å²) in [6, 6.07) is 6.02. The molecule has 0 aromatic heterocycles. The number of anilines is 1. The van der Waals surface area contributed by atoms with Gasteiger partial charge >= 0.3 is 150 Å². The third-order valence-corrected chi connectivity index (χ3v) is 10.6. The molecule has 0 bridgehead atoms. The van der Waals surface area contributed by atoms with Gasteiger partial charge in [-0.15, -0.1) is 0 Å². The second kappa shape index (κ2) is 7.07. The Kier molecular flexibility index (Phi) is 6.46. The van der Waals surface area contributed by atoms with Gasteiger partial charge in [0.2, 0.25) is 0 Å². The Balaban J connectivity index is 3.18. The van der Waals surface area contributed by atoms with Gasteiger partial charge in [0.25, 0.3) is 0 Å². The van der Waals surface area contributed by atoms with E-state index in [1.807, 2.05) is 41.5 Å². The van der Waals surface area contributed by atoms with Crippen molar-refractivity contribution in [3.8, 4) is 0 Å². The molecule has 0 saturated carbocycles. The van der Waals surface area contributed by atoms with Gasteiger partial charge in [-0.2, -0.15) is 0 Å². The zero-order valence-electron chi connectivity index (χ0n) is 14.3. The van der Waals surface area contributed by atoms with Crippen molar-refractivity contribution in [1.29, 1.82) is 0 Å². The molecule has 0 unspecified atom stereocenters. The zero-order chi connectivity index (χ0) is 18.1. The quantitative estimate of drug-likeness (QED) is 0.449. The number of hydrogen-bond acceptors (Lipinski definition) is 5. The first-order valence-corrected chi connectivity index (χ1v) is 14.0. The third-order valence-electron chi connectivity index (χ3n) is 2.21. The molecule has 1 aromatic carbocycles.